The summed E-state index contributed by atoms with van der Waals surface area (Å²) in [5.41, 5.74) is 0.0210. The number of urea groups is 1. The zero-order valence-electron chi connectivity index (χ0n) is 20.3. The lowest BCUT2D eigenvalue weighted by Gasteiger charge is -2.27. The molecular weight excluding hydrogens is 526 g/mol. The largest absolute Gasteiger partial charge is 0.499 e. The topological polar surface area (TPSA) is 113 Å². The Morgan fingerprint density at radius 1 is 1.35 bits per heavy atom. The molecule has 2 unspecified atom stereocenters. The van der Waals surface area contributed by atoms with Crippen molar-refractivity contribution in [2.24, 2.45) is 0 Å². The lowest BCUT2D eigenvalue weighted by molar-refractivity contribution is 0.116. The van der Waals surface area contributed by atoms with Crippen LogP contribution in [0.2, 0.25) is 0 Å². The second kappa shape index (κ2) is 10.9. The fourth-order valence-electron chi connectivity index (χ4n) is 3.55. The molecule has 0 spiro atoms. The van der Waals surface area contributed by atoms with E-state index in [1.165, 1.54) is 44.6 Å². The predicted octanol–water partition coefficient (Wildman–Crippen LogP) is 4.80. The van der Waals surface area contributed by atoms with Gasteiger partial charge in [-0.15, -0.1) is 0 Å². The molecule has 37 heavy (non-hydrogen) atoms. The molecule has 196 valence electrons. The molecule has 13 heteroatoms. The number of aromatic nitrogens is 2. The number of halogens is 3. The maximum atomic E-state index is 14.7. The van der Waals surface area contributed by atoms with Crippen molar-refractivity contribution in [3.63, 3.8) is 0 Å². The Morgan fingerprint density at radius 3 is 2.76 bits per heavy atom. The van der Waals surface area contributed by atoms with Crippen molar-refractivity contribution >= 4 is 52.2 Å². The number of nitrogens with one attached hydrogen (secondary N) is 3. The summed E-state index contributed by atoms with van der Waals surface area (Å²) in [7, 11) is 4.46. The minimum absolute atomic E-state index is 0.143. The van der Waals surface area contributed by atoms with Gasteiger partial charge in [0.15, 0.2) is 5.72 Å². The van der Waals surface area contributed by atoms with Crippen LogP contribution in [0.15, 0.2) is 64.8 Å². The van der Waals surface area contributed by atoms with Crippen molar-refractivity contribution in [1.29, 1.82) is 0 Å². The van der Waals surface area contributed by atoms with Crippen LogP contribution in [0, 0.1) is 5.82 Å². The van der Waals surface area contributed by atoms with Gasteiger partial charge >= 0.3 is 6.03 Å². The minimum Gasteiger partial charge on any atom is -0.499 e. The number of rotatable bonds is 9. The summed E-state index contributed by atoms with van der Waals surface area (Å²) in [4.78, 5) is 22.6. The van der Waals surface area contributed by atoms with Gasteiger partial charge < -0.3 is 30.2 Å². The van der Waals surface area contributed by atoms with Crippen LogP contribution in [-0.4, -0.2) is 55.7 Å². The zero-order chi connectivity index (χ0) is 26.7. The third kappa shape index (κ3) is 5.64. The van der Waals surface area contributed by atoms with Crippen molar-refractivity contribution in [2.75, 3.05) is 43.4 Å². The van der Waals surface area contributed by atoms with Gasteiger partial charge in [0, 0.05) is 26.6 Å². The number of methoxy groups -OCH3 is 2. The van der Waals surface area contributed by atoms with Gasteiger partial charge in [0.25, 0.3) is 0 Å². The second-order valence-electron chi connectivity index (χ2n) is 8.14. The number of benzene rings is 1. The second-order valence-corrected chi connectivity index (χ2v) is 8.92. The SMILES string of the molecule is C=CC1(Nc2cccc(F)c2Nc2cc(N(C)C(=O)NC3=C(Cl)C(OC)CC(OC)=C3Cl)ncn2)CO1. The molecule has 2 atom stereocenters. The summed E-state index contributed by atoms with van der Waals surface area (Å²) < 4.78 is 30.8. The van der Waals surface area contributed by atoms with E-state index in [-0.39, 0.29) is 33.1 Å². The van der Waals surface area contributed by atoms with Crippen LogP contribution in [0.25, 0.3) is 0 Å². The highest BCUT2D eigenvalue weighted by Crippen LogP contribution is 2.37. The highest BCUT2D eigenvalue weighted by Gasteiger charge is 2.42. The van der Waals surface area contributed by atoms with E-state index in [4.69, 9.17) is 37.4 Å². The van der Waals surface area contributed by atoms with Crippen LogP contribution in [-0.2, 0) is 14.2 Å². The number of epoxide rings is 1. The lowest BCUT2D eigenvalue weighted by Crippen LogP contribution is -2.39. The van der Waals surface area contributed by atoms with E-state index in [1.807, 2.05) is 0 Å². The normalized spacial score (nSPS) is 20.9. The first-order chi connectivity index (χ1) is 17.7. The van der Waals surface area contributed by atoms with Crippen molar-refractivity contribution < 1.29 is 23.4 Å². The molecule has 2 heterocycles. The van der Waals surface area contributed by atoms with Gasteiger partial charge in [-0.2, -0.15) is 0 Å². The molecule has 1 aliphatic heterocycles. The smallest absolute Gasteiger partial charge is 0.327 e. The van der Waals surface area contributed by atoms with E-state index in [0.29, 0.717) is 24.5 Å². The summed E-state index contributed by atoms with van der Waals surface area (Å²) in [5.74, 6) is 0.375. The van der Waals surface area contributed by atoms with E-state index in [0.717, 1.165) is 0 Å². The summed E-state index contributed by atoms with van der Waals surface area (Å²) >= 11 is 12.8. The average molecular weight is 551 g/mol. The summed E-state index contributed by atoms with van der Waals surface area (Å²) in [6.07, 6.45) is 2.65. The molecule has 2 aliphatic rings. The number of nitrogens with zero attached hydrogens (tertiary/aromatic N) is 3. The molecule has 0 saturated carbocycles. The van der Waals surface area contributed by atoms with E-state index < -0.39 is 23.7 Å². The fourth-order valence-corrected chi connectivity index (χ4v) is 4.21. The van der Waals surface area contributed by atoms with Crippen molar-refractivity contribution in [2.45, 2.75) is 18.2 Å². The van der Waals surface area contributed by atoms with Crippen molar-refractivity contribution in [3.8, 4) is 0 Å². The van der Waals surface area contributed by atoms with Crippen LogP contribution in [0.3, 0.4) is 0 Å². The van der Waals surface area contributed by atoms with E-state index in [9.17, 15) is 9.18 Å². The van der Waals surface area contributed by atoms with Crippen LogP contribution >= 0.6 is 23.2 Å². The number of para-hydroxylation sites is 1. The molecule has 1 fully saturated rings. The molecule has 3 N–H and O–H groups in total. The number of carbonyl (C=O) groups excluding carboxylic acids is 1. The van der Waals surface area contributed by atoms with Gasteiger partial charge in [0.1, 0.15) is 47.3 Å². The van der Waals surface area contributed by atoms with Crippen LogP contribution in [0.4, 0.5) is 32.2 Å². The molecule has 2 amide bonds. The first kappa shape index (κ1) is 26.7. The number of hydrogen-bond acceptors (Lipinski definition) is 8. The van der Waals surface area contributed by atoms with Gasteiger partial charge in [-0.3, -0.25) is 4.90 Å². The third-order valence-electron chi connectivity index (χ3n) is 5.82. The lowest BCUT2D eigenvalue weighted by atomic mass is 10.1. The molecule has 1 aromatic carbocycles. The highest BCUT2D eigenvalue weighted by atomic mass is 35.5. The highest BCUT2D eigenvalue weighted by molar-refractivity contribution is 6.36. The van der Waals surface area contributed by atoms with Gasteiger partial charge in [0.05, 0.1) is 29.2 Å². The Hall–Kier alpha value is -3.38. The van der Waals surface area contributed by atoms with Gasteiger partial charge in [-0.05, 0) is 18.2 Å². The Balaban J connectivity index is 1.54. The Bertz CT molecular complexity index is 1280. The maximum Gasteiger partial charge on any atom is 0.327 e. The fraction of sp³-hybridized carbons (Fsp3) is 0.292. The van der Waals surface area contributed by atoms with Crippen molar-refractivity contribution in [1.82, 2.24) is 15.3 Å². The predicted molar refractivity (Wildman–Crippen MR) is 139 cm³/mol. The monoisotopic (exact) mass is 550 g/mol. The van der Waals surface area contributed by atoms with Crippen molar-refractivity contribution in [3.05, 3.63) is 70.6 Å². The third-order valence-corrected chi connectivity index (χ3v) is 6.65. The Kier molecular flexibility index (Phi) is 7.88. The minimum atomic E-state index is -0.741. The molecule has 0 bridgehead atoms. The average Bonchev–Trinajstić information content (AvgIpc) is 3.68. The number of carbonyl (C=O) groups is 1. The number of ether oxygens (including phenoxy) is 3. The van der Waals surface area contributed by atoms with Gasteiger partial charge in [0.2, 0.25) is 0 Å². The summed E-state index contributed by atoms with van der Waals surface area (Å²) in [5, 5.41) is 9.15. The quantitative estimate of drug-likeness (QED) is 0.301. The summed E-state index contributed by atoms with van der Waals surface area (Å²) in [6, 6.07) is 5.47. The zero-order valence-corrected chi connectivity index (χ0v) is 21.8. The van der Waals surface area contributed by atoms with E-state index in [1.54, 1.807) is 18.2 Å². The number of allylic oxidation sites excluding steroid dienone is 1. The Morgan fingerprint density at radius 2 is 2.11 bits per heavy atom. The molecule has 1 aromatic heterocycles. The molecule has 2 aromatic rings. The van der Waals surface area contributed by atoms with Crippen LogP contribution < -0.4 is 20.9 Å². The van der Waals surface area contributed by atoms with Gasteiger partial charge in [-0.1, -0.05) is 35.8 Å². The molecule has 0 radical (unpaired) electrons. The molecule has 1 aliphatic carbocycles. The van der Waals surface area contributed by atoms with Gasteiger partial charge in [-0.25, -0.2) is 19.2 Å². The molecule has 4 rings (SSSR count). The molecule has 1 saturated heterocycles. The first-order valence-corrected chi connectivity index (χ1v) is 11.8. The van der Waals surface area contributed by atoms with E-state index >= 15 is 0 Å². The number of hydrogen-bond donors (Lipinski definition) is 3. The Labute approximate surface area is 223 Å². The molecule has 10 nitrogen and oxygen atoms in total. The first-order valence-electron chi connectivity index (χ1n) is 11.1. The van der Waals surface area contributed by atoms with Crippen LogP contribution in [0.1, 0.15) is 6.42 Å². The summed E-state index contributed by atoms with van der Waals surface area (Å²) in [6.45, 7) is 4.16. The molecular formula is C24H25Cl2FN6O4. The maximum absolute atomic E-state index is 14.7. The van der Waals surface area contributed by atoms with E-state index in [2.05, 4.69) is 32.5 Å². The number of anilines is 4. The number of amides is 2. The van der Waals surface area contributed by atoms with Crippen LogP contribution in [0.5, 0.6) is 0 Å². The standard InChI is InChI=1S/C24H25Cl2FN6O4/c1-5-24(11-37-24)32-14-8-6-7-13(27)21(14)30-17-10-18(29-12-28-17)33(2)23(34)31-22-19(25)15(35-3)9-16(36-4)20(22)26/h5-8,10,12,15,32H,1,9,11H2,2-4H3,(H,31,34)(H,28,29,30).